The van der Waals surface area contributed by atoms with Crippen molar-refractivity contribution in [2.45, 2.75) is 45.2 Å². The number of nitro groups is 1. The van der Waals surface area contributed by atoms with Crippen LogP contribution in [0.3, 0.4) is 0 Å². The molecule has 2 unspecified atom stereocenters. The second-order valence-corrected chi connectivity index (χ2v) is 7.48. The predicted octanol–water partition coefficient (Wildman–Crippen LogP) is 0.457. The van der Waals surface area contributed by atoms with Crippen molar-refractivity contribution in [1.29, 1.82) is 0 Å². The monoisotopic (exact) mass is 319 g/mol. The summed E-state index contributed by atoms with van der Waals surface area (Å²) in [6, 6.07) is 7.96. The van der Waals surface area contributed by atoms with Crippen LogP contribution in [-0.2, 0) is 6.54 Å². The number of piperazine rings is 1. The van der Waals surface area contributed by atoms with Gasteiger partial charge in [-0.2, -0.15) is 0 Å². The molecule has 1 aliphatic carbocycles. The van der Waals surface area contributed by atoms with Gasteiger partial charge in [0.2, 0.25) is 0 Å². The SMILES string of the molecule is CC1CCCC([NH+]2CC[NH+](Cc3ccc([N+](=O)[O-])cc3)CC2)C1. The first-order valence-corrected chi connectivity index (χ1v) is 9.03. The van der Waals surface area contributed by atoms with E-state index in [0.29, 0.717) is 0 Å². The quantitative estimate of drug-likeness (QED) is 0.626. The summed E-state index contributed by atoms with van der Waals surface area (Å²) in [5, 5.41) is 10.7. The zero-order valence-corrected chi connectivity index (χ0v) is 14.1. The third-order valence-electron chi connectivity index (χ3n) is 5.71. The van der Waals surface area contributed by atoms with Crippen molar-refractivity contribution < 1.29 is 14.7 Å². The fourth-order valence-electron chi connectivity index (χ4n) is 4.34. The van der Waals surface area contributed by atoms with Crippen LogP contribution in [0.25, 0.3) is 0 Å². The molecule has 1 saturated heterocycles. The van der Waals surface area contributed by atoms with Crippen molar-refractivity contribution in [3.8, 4) is 0 Å². The highest BCUT2D eigenvalue weighted by Gasteiger charge is 2.32. The van der Waals surface area contributed by atoms with E-state index in [2.05, 4.69) is 6.92 Å². The summed E-state index contributed by atoms with van der Waals surface area (Å²) in [5.74, 6) is 0.909. The van der Waals surface area contributed by atoms with Crippen LogP contribution in [0.4, 0.5) is 5.69 Å². The normalized spacial score (nSPS) is 31.7. The van der Waals surface area contributed by atoms with Gasteiger partial charge in [0.25, 0.3) is 5.69 Å². The second kappa shape index (κ2) is 7.41. The molecule has 2 N–H and O–H groups in total. The van der Waals surface area contributed by atoms with Crippen molar-refractivity contribution in [2.75, 3.05) is 26.2 Å². The Morgan fingerprint density at radius 3 is 2.43 bits per heavy atom. The minimum atomic E-state index is -0.329. The van der Waals surface area contributed by atoms with Gasteiger partial charge in [0.05, 0.1) is 11.0 Å². The molecule has 0 spiro atoms. The summed E-state index contributed by atoms with van der Waals surface area (Å²) < 4.78 is 0. The summed E-state index contributed by atoms with van der Waals surface area (Å²) in [5.41, 5.74) is 1.39. The minimum Gasteiger partial charge on any atom is -0.323 e. The highest BCUT2D eigenvalue weighted by molar-refractivity contribution is 5.32. The van der Waals surface area contributed by atoms with E-state index in [1.165, 1.54) is 57.4 Å². The van der Waals surface area contributed by atoms with E-state index in [-0.39, 0.29) is 10.6 Å². The lowest BCUT2D eigenvalue weighted by Gasteiger charge is -2.37. The first kappa shape index (κ1) is 16.4. The van der Waals surface area contributed by atoms with Gasteiger partial charge in [-0.1, -0.05) is 13.3 Å². The Morgan fingerprint density at radius 2 is 1.83 bits per heavy atom. The van der Waals surface area contributed by atoms with Gasteiger partial charge in [-0.15, -0.1) is 0 Å². The average molecular weight is 319 g/mol. The Labute approximate surface area is 138 Å². The number of benzene rings is 1. The lowest BCUT2D eigenvalue weighted by Crippen LogP contribution is -3.29. The van der Waals surface area contributed by atoms with Gasteiger partial charge in [0, 0.05) is 24.1 Å². The number of nitrogens with one attached hydrogen (secondary N) is 2. The van der Waals surface area contributed by atoms with Crippen LogP contribution in [0.5, 0.6) is 0 Å². The van der Waals surface area contributed by atoms with E-state index < -0.39 is 0 Å². The van der Waals surface area contributed by atoms with Crippen LogP contribution >= 0.6 is 0 Å². The molecule has 23 heavy (non-hydrogen) atoms. The second-order valence-electron chi connectivity index (χ2n) is 7.48. The summed E-state index contributed by atoms with van der Waals surface area (Å²) in [6.45, 7) is 8.39. The van der Waals surface area contributed by atoms with E-state index in [1.54, 1.807) is 17.0 Å². The molecule has 1 heterocycles. The standard InChI is InChI=1S/C18H27N3O2/c1-15-3-2-4-18(13-15)20-11-9-19(10-12-20)14-16-5-7-17(8-6-16)21(22)23/h5-8,15,18H,2-4,9-14H2,1H3/p+2. The molecule has 1 aliphatic heterocycles. The Balaban J connectivity index is 1.48. The Kier molecular flexibility index (Phi) is 5.28. The lowest BCUT2D eigenvalue weighted by molar-refractivity contribution is -1.03. The summed E-state index contributed by atoms with van der Waals surface area (Å²) in [4.78, 5) is 13.8. The van der Waals surface area contributed by atoms with Crippen LogP contribution in [0.2, 0.25) is 0 Å². The molecule has 3 rings (SSSR count). The zero-order valence-electron chi connectivity index (χ0n) is 14.1. The summed E-state index contributed by atoms with van der Waals surface area (Å²) in [6.07, 6.45) is 5.65. The van der Waals surface area contributed by atoms with Crippen LogP contribution in [0, 0.1) is 16.0 Å². The molecular weight excluding hydrogens is 290 g/mol. The Morgan fingerprint density at radius 1 is 1.13 bits per heavy atom. The molecule has 0 aromatic heterocycles. The molecule has 1 saturated carbocycles. The largest absolute Gasteiger partial charge is 0.323 e. The van der Waals surface area contributed by atoms with Gasteiger partial charge in [-0.25, -0.2) is 0 Å². The number of rotatable bonds is 4. The van der Waals surface area contributed by atoms with E-state index in [9.17, 15) is 10.1 Å². The third kappa shape index (κ3) is 4.30. The number of hydrogen-bond donors (Lipinski definition) is 2. The molecule has 126 valence electrons. The summed E-state index contributed by atoms with van der Waals surface area (Å²) >= 11 is 0. The molecule has 5 nitrogen and oxygen atoms in total. The molecule has 0 bridgehead atoms. The average Bonchev–Trinajstić information content (AvgIpc) is 2.56. The van der Waals surface area contributed by atoms with Crippen molar-refractivity contribution >= 4 is 5.69 Å². The number of nitrogens with zero attached hydrogens (tertiary/aromatic N) is 1. The number of non-ortho nitro benzene ring substituents is 1. The van der Waals surface area contributed by atoms with Crippen molar-refractivity contribution in [2.24, 2.45) is 5.92 Å². The van der Waals surface area contributed by atoms with Gasteiger partial charge in [-0.05, 0) is 30.9 Å². The molecule has 2 atom stereocenters. The van der Waals surface area contributed by atoms with Gasteiger partial charge in [0.1, 0.15) is 32.7 Å². The van der Waals surface area contributed by atoms with Crippen molar-refractivity contribution in [3.05, 3.63) is 39.9 Å². The summed E-state index contributed by atoms with van der Waals surface area (Å²) in [7, 11) is 0. The third-order valence-corrected chi connectivity index (χ3v) is 5.71. The highest BCUT2D eigenvalue weighted by atomic mass is 16.6. The molecule has 1 aromatic rings. The predicted molar refractivity (Wildman–Crippen MR) is 89.6 cm³/mol. The zero-order chi connectivity index (χ0) is 16.2. The van der Waals surface area contributed by atoms with Crippen LogP contribution < -0.4 is 9.80 Å². The Hall–Kier alpha value is -1.46. The first-order chi connectivity index (χ1) is 11.1. The van der Waals surface area contributed by atoms with Crippen LogP contribution in [0.1, 0.15) is 38.2 Å². The van der Waals surface area contributed by atoms with Gasteiger partial charge in [-0.3, -0.25) is 10.1 Å². The number of hydrogen-bond acceptors (Lipinski definition) is 2. The highest BCUT2D eigenvalue weighted by Crippen LogP contribution is 2.21. The van der Waals surface area contributed by atoms with E-state index in [4.69, 9.17) is 0 Å². The molecule has 5 heteroatoms. The van der Waals surface area contributed by atoms with Gasteiger partial charge in [0.15, 0.2) is 0 Å². The van der Waals surface area contributed by atoms with Crippen molar-refractivity contribution in [1.82, 2.24) is 0 Å². The molecule has 0 radical (unpaired) electrons. The maximum Gasteiger partial charge on any atom is 0.269 e. The molecule has 0 amide bonds. The molecular formula is C18H29N3O2+2. The van der Waals surface area contributed by atoms with Gasteiger partial charge >= 0.3 is 0 Å². The molecule has 2 fully saturated rings. The smallest absolute Gasteiger partial charge is 0.269 e. The molecule has 1 aromatic carbocycles. The van der Waals surface area contributed by atoms with E-state index in [0.717, 1.165) is 18.5 Å². The number of nitro benzene ring substituents is 1. The van der Waals surface area contributed by atoms with Crippen LogP contribution in [0.15, 0.2) is 24.3 Å². The van der Waals surface area contributed by atoms with E-state index >= 15 is 0 Å². The minimum absolute atomic E-state index is 0.185. The maximum absolute atomic E-state index is 10.7. The fourth-order valence-corrected chi connectivity index (χ4v) is 4.34. The van der Waals surface area contributed by atoms with E-state index in [1.807, 2.05) is 17.0 Å². The fraction of sp³-hybridized carbons (Fsp3) is 0.667. The lowest BCUT2D eigenvalue weighted by atomic mass is 9.86. The first-order valence-electron chi connectivity index (χ1n) is 9.03. The molecule has 2 aliphatic rings. The topological polar surface area (TPSA) is 52.0 Å². The van der Waals surface area contributed by atoms with Gasteiger partial charge < -0.3 is 9.80 Å². The maximum atomic E-state index is 10.7. The number of quaternary nitrogens is 2. The van der Waals surface area contributed by atoms with Crippen LogP contribution in [-0.4, -0.2) is 37.1 Å². The Bertz CT molecular complexity index is 524. The van der Waals surface area contributed by atoms with Crippen molar-refractivity contribution in [3.63, 3.8) is 0 Å².